The maximum atomic E-state index is 12.5. The van der Waals surface area contributed by atoms with Gasteiger partial charge >= 0.3 is 12.1 Å². The monoisotopic (exact) mass is 303 g/mol. The molecule has 0 bridgehead atoms. The molecule has 0 saturated carbocycles. The lowest BCUT2D eigenvalue weighted by molar-refractivity contribution is -0.207. The Bertz CT molecular complexity index is 592. The second-order valence-electron chi connectivity index (χ2n) is 6.86. The second kappa shape index (κ2) is 5.00. The lowest BCUT2D eigenvalue weighted by atomic mass is 9.80. The highest BCUT2D eigenvalue weighted by Gasteiger charge is 2.66. The van der Waals surface area contributed by atoms with Crippen molar-refractivity contribution in [3.63, 3.8) is 0 Å². The van der Waals surface area contributed by atoms with E-state index < -0.39 is 23.3 Å². The van der Waals surface area contributed by atoms with E-state index in [0.717, 1.165) is 12.0 Å². The van der Waals surface area contributed by atoms with Gasteiger partial charge < -0.3 is 9.47 Å². The van der Waals surface area contributed by atoms with Crippen LogP contribution in [0, 0.1) is 0 Å². The molecular weight excluding hydrogens is 282 g/mol. The molecule has 1 aromatic rings. The summed E-state index contributed by atoms with van der Waals surface area (Å²) in [6.07, 6.45) is 0.543. The van der Waals surface area contributed by atoms with Gasteiger partial charge in [-0.15, -0.1) is 0 Å². The summed E-state index contributed by atoms with van der Waals surface area (Å²) in [6, 6.07) is 9.57. The van der Waals surface area contributed by atoms with Gasteiger partial charge in [0.1, 0.15) is 5.60 Å². The average Bonchev–Trinajstić information content (AvgIpc) is 2.91. The van der Waals surface area contributed by atoms with Gasteiger partial charge in [0.2, 0.25) is 0 Å². The molecule has 118 valence electrons. The molecule has 2 aliphatic rings. The molecule has 5 nitrogen and oxygen atoms in total. The van der Waals surface area contributed by atoms with Crippen LogP contribution in [0.15, 0.2) is 30.3 Å². The number of amides is 1. The molecule has 0 radical (unpaired) electrons. The van der Waals surface area contributed by atoms with Gasteiger partial charge in [-0.25, -0.2) is 9.59 Å². The van der Waals surface area contributed by atoms with E-state index in [1.165, 1.54) is 0 Å². The maximum absolute atomic E-state index is 12.5. The maximum Gasteiger partial charge on any atom is 0.411 e. The van der Waals surface area contributed by atoms with E-state index in [0.29, 0.717) is 13.0 Å². The van der Waals surface area contributed by atoms with E-state index in [4.69, 9.17) is 9.47 Å². The van der Waals surface area contributed by atoms with Crippen molar-refractivity contribution >= 4 is 12.1 Å². The van der Waals surface area contributed by atoms with Gasteiger partial charge in [-0.1, -0.05) is 30.3 Å². The first-order valence-corrected chi connectivity index (χ1v) is 7.61. The van der Waals surface area contributed by atoms with Crippen molar-refractivity contribution in [2.45, 2.75) is 50.9 Å². The quantitative estimate of drug-likeness (QED) is 0.748. The highest BCUT2D eigenvalue weighted by Crippen LogP contribution is 2.51. The molecule has 22 heavy (non-hydrogen) atoms. The fourth-order valence-electron chi connectivity index (χ4n) is 3.22. The molecule has 2 fully saturated rings. The molecule has 2 saturated heterocycles. The number of likely N-dealkylation sites (tertiary alicyclic amines) is 1. The average molecular weight is 303 g/mol. The SMILES string of the molecule is CC(C)(C)OC(=O)N1CCC[C@@]12C(=O)O[C@H]2c1ccccc1. The van der Waals surface area contributed by atoms with Crippen LogP contribution in [0.2, 0.25) is 0 Å². The number of rotatable bonds is 1. The topological polar surface area (TPSA) is 55.8 Å². The van der Waals surface area contributed by atoms with Gasteiger partial charge in [0.25, 0.3) is 0 Å². The number of carbonyl (C=O) groups is 2. The van der Waals surface area contributed by atoms with Crippen molar-refractivity contribution < 1.29 is 19.1 Å². The summed E-state index contributed by atoms with van der Waals surface area (Å²) < 4.78 is 10.8. The Morgan fingerprint density at radius 2 is 2.00 bits per heavy atom. The molecule has 3 rings (SSSR count). The van der Waals surface area contributed by atoms with Crippen LogP contribution in [-0.4, -0.2) is 34.6 Å². The third-order valence-corrected chi connectivity index (χ3v) is 4.15. The number of esters is 1. The lowest BCUT2D eigenvalue weighted by Gasteiger charge is -2.49. The standard InChI is InChI=1S/C17H21NO4/c1-16(2,3)22-15(20)18-11-7-10-17(18)13(21-14(17)19)12-8-5-4-6-9-12/h4-6,8-9,13H,7,10-11H2,1-3H3/t13-,17+/m0/s1. The number of carbonyl (C=O) groups excluding carboxylic acids is 2. The van der Waals surface area contributed by atoms with Crippen molar-refractivity contribution in [2.24, 2.45) is 0 Å². The van der Waals surface area contributed by atoms with Gasteiger partial charge in [0.15, 0.2) is 11.6 Å². The van der Waals surface area contributed by atoms with Crippen LogP contribution in [0.5, 0.6) is 0 Å². The van der Waals surface area contributed by atoms with Crippen LogP contribution in [0.1, 0.15) is 45.3 Å². The van der Waals surface area contributed by atoms with Crippen LogP contribution in [0.4, 0.5) is 4.79 Å². The van der Waals surface area contributed by atoms with Gasteiger partial charge in [-0.2, -0.15) is 0 Å². The highest BCUT2D eigenvalue weighted by molar-refractivity contribution is 5.92. The molecule has 0 N–H and O–H groups in total. The fraction of sp³-hybridized carbons (Fsp3) is 0.529. The van der Waals surface area contributed by atoms with Crippen LogP contribution >= 0.6 is 0 Å². The van der Waals surface area contributed by atoms with E-state index in [-0.39, 0.29) is 5.97 Å². The summed E-state index contributed by atoms with van der Waals surface area (Å²) in [6.45, 7) is 5.98. The molecule has 0 aromatic heterocycles. The van der Waals surface area contributed by atoms with E-state index >= 15 is 0 Å². The normalized spacial score (nSPS) is 27.5. The molecule has 1 aromatic carbocycles. The molecular formula is C17H21NO4. The fourth-order valence-corrected chi connectivity index (χ4v) is 3.22. The summed E-state index contributed by atoms with van der Waals surface area (Å²) in [5.41, 5.74) is -0.571. The van der Waals surface area contributed by atoms with Crippen LogP contribution in [0.25, 0.3) is 0 Å². The van der Waals surface area contributed by atoms with Crippen LogP contribution in [-0.2, 0) is 14.3 Å². The van der Waals surface area contributed by atoms with Gasteiger partial charge in [-0.05, 0) is 39.2 Å². The molecule has 1 amide bonds. The van der Waals surface area contributed by atoms with Crippen LogP contribution < -0.4 is 0 Å². The smallest absolute Gasteiger partial charge is 0.411 e. The zero-order valence-electron chi connectivity index (χ0n) is 13.2. The Balaban J connectivity index is 1.89. The van der Waals surface area contributed by atoms with E-state index in [1.54, 1.807) is 4.90 Å². The van der Waals surface area contributed by atoms with Crippen molar-refractivity contribution in [1.82, 2.24) is 4.90 Å². The second-order valence-corrected chi connectivity index (χ2v) is 6.86. The summed E-state index contributed by atoms with van der Waals surface area (Å²) in [5, 5.41) is 0. The number of ether oxygens (including phenoxy) is 2. The number of hydrogen-bond acceptors (Lipinski definition) is 4. The van der Waals surface area contributed by atoms with E-state index in [1.807, 2.05) is 51.1 Å². The Hall–Kier alpha value is -2.04. The Labute approximate surface area is 130 Å². The third-order valence-electron chi connectivity index (χ3n) is 4.15. The minimum Gasteiger partial charge on any atom is -0.452 e. The van der Waals surface area contributed by atoms with Crippen molar-refractivity contribution in [2.75, 3.05) is 6.54 Å². The largest absolute Gasteiger partial charge is 0.452 e. The van der Waals surface area contributed by atoms with Gasteiger partial charge in [0.05, 0.1) is 0 Å². The number of hydrogen-bond donors (Lipinski definition) is 0. The zero-order chi connectivity index (χ0) is 16.0. The van der Waals surface area contributed by atoms with Gasteiger partial charge in [0, 0.05) is 6.54 Å². The summed E-state index contributed by atoms with van der Waals surface area (Å²) in [4.78, 5) is 26.3. The third kappa shape index (κ3) is 2.25. The Morgan fingerprint density at radius 3 is 2.59 bits per heavy atom. The van der Waals surface area contributed by atoms with Crippen molar-refractivity contribution in [3.8, 4) is 0 Å². The molecule has 0 aliphatic carbocycles. The molecule has 2 heterocycles. The summed E-state index contributed by atoms with van der Waals surface area (Å²) in [7, 11) is 0. The molecule has 2 atom stereocenters. The number of nitrogens with zero attached hydrogens (tertiary/aromatic N) is 1. The molecule has 0 unspecified atom stereocenters. The summed E-state index contributed by atoms with van der Waals surface area (Å²) in [5.74, 6) is -0.329. The molecule has 5 heteroatoms. The van der Waals surface area contributed by atoms with E-state index in [2.05, 4.69) is 0 Å². The Kier molecular flexibility index (Phi) is 3.38. The Morgan fingerprint density at radius 1 is 1.32 bits per heavy atom. The van der Waals surface area contributed by atoms with Crippen molar-refractivity contribution in [1.29, 1.82) is 0 Å². The first-order valence-electron chi connectivity index (χ1n) is 7.61. The zero-order valence-corrected chi connectivity index (χ0v) is 13.2. The highest BCUT2D eigenvalue weighted by atomic mass is 16.6. The molecule has 2 aliphatic heterocycles. The minimum absolute atomic E-state index is 0.329. The predicted octanol–water partition coefficient (Wildman–Crippen LogP) is 3.05. The van der Waals surface area contributed by atoms with Gasteiger partial charge in [-0.3, -0.25) is 4.90 Å². The number of benzene rings is 1. The predicted molar refractivity (Wildman–Crippen MR) is 80.2 cm³/mol. The van der Waals surface area contributed by atoms with Crippen LogP contribution in [0.3, 0.4) is 0 Å². The van der Waals surface area contributed by atoms with E-state index in [9.17, 15) is 9.59 Å². The number of cyclic esters (lactones) is 1. The first kappa shape index (κ1) is 14.9. The lowest BCUT2D eigenvalue weighted by Crippen LogP contribution is -2.66. The minimum atomic E-state index is -0.899. The van der Waals surface area contributed by atoms with Crippen molar-refractivity contribution in [3.05, 3.63) is 35.9 Å². The first-order chi connectivity index (χ1) is 10.3. The molecule has 1 spiro atoms. The summed E-state index contributed by atoms with van der Waals surface area (Å²) >= 11 is 0.